The molecule has 112 valence electrons. The van der Waals surface area contributed by atoms with E-state index in [-0.39, 0.29) is 10.6 Å². The molecule has 21 heavy (non-hydrogen) atoms. The molecule has 0 atom stereocenters. The molecule has 0 radical (unpaired) electrons. The minimum Gasteiger partial charge on any atom is -0.492 e. The molecule has 0 heterocycles. The molecule has 1 nitrogen and oxygen atoms in total. The van der Waals surface area contributed by atoms with Crippen LogP contribution in [0.4, 0.5) is 21.7 Å². The van der Waals surface area contributed by atoms with Crippen molar-refractivity contribution in [2.75, 3.05) is 0 Å². The second kappa shape index (κ2) is 5.93. The smallest absolute Gasteiger partial charge is 0.492 e. The van der Waals surface area contributed by atoms with Crippen molar-refractivity contribution >= 4 is 24.0 Å². The summed E-state index contributed by atoms with van der Waals surface area (Å²) in [5.74, 6) is -2.11. The van der Waals surface area contributed by atoms with Crippen LogP contribution in [0.5, 0.6) is 5.75 Å². The molecular weight excluding hydrogens is 313 g/mol. The van der Waals surface area contributed by atoms with Crippen LogP contribution < -0.4 is 10.2 Å². The van der Waals surface area contributed by atoms with Crippen LogP contribution in [0.15, 0.2) is 36.4 Å². The average Bonchev–Trinajstić information content (AvgIpc) is 2.38. The monoisotopic (exact) mass is 321 g/mol. The van der Waals surface area contributed by atoms with Crippen LogP contribution >= 0.6 is 11.6 Å². The van der Waals surface area contributed by atoms with Gasteiger partial charge in [-0.2, -0.15) is 0 Å². The molecule has 0 spiro atoms. The van der Waals surface area contributed by atoms with E-state index in [2.05, 4.69) is 0 Å². The molecule has 0 aliphatic heterocycles. The largest absolute Gasteiger partial charge is 0.513 e. The van der Waals surface area contributed by atoms with E-state index in [1.165, 1.54) is 6.07 Å². The van der Waals surface area contributed by atoms with Gasteiger partial charge in [0.2, 0.25) is 0 Å². The number of benzene rings is 2. The first-order valence-electron chi connectivity index (χ1n) is 5.83. The molecule has 0 aliphatic rings. The van der Waals surface area contributed by atoms with Gasteiger partial charge in [-0.1, -0.05) is 23.1 Å². The fourth-order valence-electron chi connectivity index (χ4n) is 1.71. The van der Waals surface area contributed by atoms with Crippen molar-refractivity contribution in [3.05, 3.63) is 58.6 Å². The third-order valence-corrected chi connectivity index (χ3v) is 3.09. The van der Waals surface area contributed by atoms with Crippen molar-refractivity contribution in [3.8, 4) is 5.75 Å². The fraction of sp³-hybridized carbons (Fsp3) is 0.0769. The molecule has 2 aromatic rings. The second-order valence-electron chi connectivity index (χ2n) is 4.28. The zero-order valence-corrected chi connectivity index (χ0v) is 11.2. The van der Waals surface area contributed by atoms with Crippen molar-refractivity contribution in [1.29, 1.82) is 0 Å². The van der Waals surface area contributed by atoms with Crippen LogP contribution in [-0.4, -0.2) is 6.98 Å². The summed E-state index contributed by atoms with van der Waals surface area (Å²) in [4.78, 5) is 0. The number of ether oxygens (including phenoxy) is 1. The molecule has 0 saturated heterocycles. The Labute approximate surface area is 122 Å². The highest BCUT2D eigenvalue weighted by Crippen LogP contribution is 2.22. The topological polar surface area (TPSA) is 9.23 Å². The number of hydrogen-bond acceptors (Lipinski definition) is 1. The molecule has 0 fully saturated rings. The maximum Gasteiger partial charge on any atom is 0.513 e. The second-order valence-corrected chi connectivity index (χ2v) is 4.69. The summed E-state index contributed by atoms with van der Waals surface area (Å²) in [6.07, 6.45) is 0. The van der Waals surface area contributed by atoms with E-state index in [9.17, 15) is 21.7 Å². The minimum absolute atomic E-state index is 0.145. The van der Waals surface area contributed by atoms with Crippen molar-refractivity contribution in [1.82, 2.24) is 0 Å². The summed E-state index contributed by atoms with van der Waals surface area (Å²) in [7, 11) is 0. The highest BCUT2D eigenvalue weighted by Gasteiger charge is 2.29. The maximum absolute atomic E-state index is 13.1. The molecule has 8 heteroatoms. The predicted molar refractivity (Wildman–Crippen MR) is 70.9 cm³/mol. The number of halogens is 6. The zero-order chi connectivity index (χ0) is 15.6. The van der Waals surface area contributed by atoms with Gasteiger partial charge in [0.25, 0.3) is 0 Å². The van der Waals surface area contributed by atoms with E-state index < -0.39 is 36.4 Å². The highest BCUT2D eigenvalue weighted by molar-refractivity contribution is 6.74. The minimum atomic E-state index is -5.35. The molecule has 0 N–H and O–H groups in total. The molecule has 0 aliphatic carbocycles. The molecule has 0 saturated carbocycles. The molecule has 0 amide bonds. The summed E-state index contributed by atoms with van der Waals surface area (Å²) in [5, 5.41) is 0.145. The maximum atomic E-state index is 13.1. The normalized spacial score (nSPS) is 11.5. The highest BCUT2D eigenvalue weighted by atomic mass is 35.5. The molecule has 2 rings (SSSR count). The summed E-state index contributed by atoms with van der Waals surface area (Å²) in [5.41, 5.74) is -0.884. The van der Waals surface area contributed by atoms with Crippen LogP contribution in [0, 0.1) is 11.6 Å². The average molecular weight is 321 g/mol. The first-order chi connectivity index (χ1) is 9.77. The molecule has 0 aromatic heterocycles. The molecule has 0 unspecified atom stereocenters. The van der Waals surface area contributed by atoms with Gasteiger partial charge in [-0.15, -0.1) is 0 Å². The lowest BCUT2D eigenvalue weighted by Crippen LogP contribution is -2.35. The third-order valence-electron chi connectivity index (χ3n) is 2.72. The summed E-state index contributed by atoms with van der Waals surface area (Å²) in [6, 6.07) is 5.36. The van der Waals surface area contributed by atoms with E-state index in [0.717, 1.165) is 12.1 Å². The van der Waals surface area contributed by atoms with Crippen LogP contribution in [-0.2, 0) is 6.61 Å². The van der Waals surface area contributed by atoms with Crippen molar-refractivity contribution in [2.45, 2.75) is 6.61 Å². The molecule has 0 bridgehead atoms. The van der Waals surface area contributed by atoms with Gasteiger partial charge in [-0.05, 0) is 24.3 Å². The lowest BCUT2D eigenvalue weighted by Gasteiger charge is -2.20. The van der Waals surface area contributed by atoms with Gasteiger partial charge in [-0.25, -0.2) is 8.78 Å². The van der Waals surface area contributed by atoms with Crippen LogP contribution in [0.25, 0.3) is 0 Å². The van der Waals surface area contributed by atoms with E-state index in [0.29, 0.717) is 18.2 Å². The fourth-order valence-corrected chi connectivity index (χ4v) is 1.89. The van der Waals surface area contributed by atoms with Crippen LogP contribution in [0.3, 0.4) is 0 Å². The summed E-state index contributed by atoms with van der Waals surface area (Å²) in [6.45, 7) is -5.75. The van der Waals surface area contributed by atoms with Gasteiger partial charge in [0.05, 0.1) is 5.75 Å². The van der Waals surface area contributed by atoms with Crippen molar-refractivity contribution in [2.24, 2.45) is 0 Å². The van der Waals surface area contributed by atoms with Gasteiger partial charge in [0.1, 0.15) is 18.2 Å². The summed E-state index contributed by atoms with van der Waals surface area (Å²) < 4.78 is 69.6. The van der Waals surface area contributed by atoms with E-state index in [1.54, 1.807) is 0 Å². The first-order valence-corrected chi connectivity index (χ1v) is 6.21. The van der Waals surface area contributed by atoms with E-state index in [1.807, 2.05) is 0 Å². The van der Waals surface area contributed by atoms with Gasteiger partial charge < -0.3 is 17.7 Å². The summed E-state index contributed by atoms with van der Waals surface area (Å²) >= 11 is 5.78. The Morgan fingerprint density at radius 3 is 2.24 bits per heavy atom. The Balaban J connectivity index is 2.27. The first kappa shape index (κ1) is 15.6. The van der Waals surface area contributed by atoms with Gasteiger partial charge in [0, 0.05) is 16.7 Å². The van der Waals surface area contributed by atoms with E-state index >= 15 is 0 Å². The van der Waals surface area contributed by atoms with Crippen molar-refractivity contribution in [3.63, 3.8) is 0 Å². The number of hydrogen-bond donors (Lipinski definition) is 0. The molecular formula is C13H8BClF5O-. The standard InChI is InChI=1S/C13H8BClF5O/c15-12-4-2-9(16)5-8(12)7-21-13-6-10(17)1-3-11(13)14(18,19)20/h1-6H,7H2/q-1. The Bertz CT molecular complexity index is 659. The van der Waals surface area contributed by atoms with Crippen molar-refractivity contribution < 1.29 is 26.5 Å². The third kappa shape index (κ3) is 3.88. The molecule has 2 aromatic carbocycles. The van der Waals surface area contributed by atoms with E-state index in [4.69, 9.17) is 16.3 Å². The van der Waals surface area contributed by atoms with Gasteiger partial charge in [0.15, 0.2) is 0 Å². The quantitative estimate of drug-likeness (QED) is 0.604. The van der Waals surface area contributed by atoms with Crippen LogP contribution in [0.1, 0.15) is 5.56 Å². The Morgan fingerprint density at radius 1 is 0.952 bits per heavy atom. The Kier molecular flexibility index (Phi) is 4.41. The Morgan fingerprint density at radius 2 is 1.57 bits per heavy atom. The van der Waals surface area contributed by atoms with Gasteiger partial charge in [-0.3, -0.25) is 0 Å². The van der Waals surface area contributed by atoms with Gasteiger partial charge >= 0.3 is 6.98 Å². The number of rotatable bonds is 4. The lowest BCUT2D eigenvalue weighted by molar-refractivity contribution is 0.305. The SMILES string of the molecule is Fc1ccc(Cl)c(COc2cc(F)ccc2[B-](F)(F)F)c1. The lowest BCUT2D eigenvalue weighted by atomic mass is 9.79. The predicted octanol–water partition coefficient (Wildman–Crippen LogP) is 4.25. The Hall–Kier alpha value is -1.76. The van der Waals surface area contributed by atoms with Crippen LogP contribution in [0.2, 0.25) is 5.02 Å². The zero-order valence-electron chi connectivity index (χ0n) is 10.4.